The van der Waals surface area contributed by atoms with Gasteiger partial charge in [0.25, 0.3) is 5.91 Å². The summed E-state index contributed by atoms with van der Waals surface area (Å²) in [6.07, 6.45) is 1.37. The monoisotopic (exact) mass is 604 g/mol. The van der Waals surface area contributed by atoms with Gasteiger partial charge in [0.1, 0.15) is 12.4 Å². The lowest BCUT2D eigenvalue weighted by atomic mass is 10.2. The van der Waals surface area contributed by atoms with E-state index in [9.17, 15) is 9.59 Å². The standard InChI is InChI=1S/C25H22Br2N2O6/c1-2-33-22-11-17(8-9-21(22)34-14-16-6-4-3-5-7-16)25(32)29-28-13-18-10-19(26)12-20(27)24(18)35-15-23(30)31/h3-13H,2,14-15H2,1H3,(H,29,32)(H,30,31)/b28-13+. The summed E-state index contributed by atoms with van der Waals surface area (Å²) in [5, 5.41) is 12.9. The number of hydrogen-bond donors (Lipinski definition) is 2. The van der Waals surface area contributed by atoms with Gasteiger partial charge in [-0.05, 0) is 58.7 Å². The maximum absolute atomic E-state index is 12.7. The zero-order valence-corrected chi connectivity index (χ0v) is 21.8. The van der Waals surface area contributed by atoms with Crippen molar-refractivity contribution >= 4 is 50.0 Å². The molecular weight excluding hydrogens is 584 g/mol. The summed E-state index contributed by atoms with van der Waals surface area (Å²) in [4.78, 5) is 23.5. The number of benzene rings is 3. The van der Waals surface area contributed by atoms with E-state index < -0.39 is 18.5 Å². The molecule has 2 N–H and O–H groups in total. The number of aliphatic carboxylic acids is 1. The van der Waals surface area contributed by atoms with Crippen LogP contribution in [0.2, 0.25) is 0 Å². The Morgan fingerprint density at radius 3 is 2.49 bits per heavy atom. The molecule has 0 heterocycles. The number of halogens is 2. The van der Waals surface area contributed by atoms with Gasteiger partial charge >= 0.3 is 5.97 Å². The molecule has 0 saturated carbocycles. The second-order valence-corrected chi connectivity index (χ2v) is 8.83. The number of hydrogen-bond acceptors (Lipinski definition) is 6. The van der Waals surface area contributed by atoms with Crippen molar-refractivity contribution in [3.8, 4) is 17.2 Å². The topological polar surface area (TPSA) is 106 Å². The Morgan fingerprint density at radius 1 is 1.00 bits per heavy atom. The largest absolute Gasteiger partial charge is 0.490 e. The smallest absolute Gasteiger partial charge is 0.341 e. The van der Waals surface area contributed by atoms with Gasteiger partial charge in [-0.1, -0.05) is 46.3 Å². The fourth-order valence-corrected chi connectivity index (χ4v) is 4.33. The summed E-state index contributed by atoms with van der Waals surface area (Å²) in [5.74, 6) is -0.321. The quantitative estimate of drug-likeness (QED) is 0.223. The lowest BCUT2D eigenvalue weighted by Crippen LogP contribution is -2.18. The molecule has 0 aliphatic rings. The number of carbonyl (C=O) groups excluding carboxylic acids is 1. The van der Waals surface area contributed by atoms with Crippen molar-refractivity contribution in [2.75, 3.05) is 13.2 Å². The van der Waals surface area contributed by atoms with Crippen molar-refractivity contribution in [1.82, 2.24) is 5.43 Å². The molecule has 8 nitrogen and oxygen atoms in total. The van der Waals surface area contributed by atoms with Crippen LogP contribution in [0.4, 0.5) is 0 Å². The highest BCUT2D eigenvalue weighted by Gasteiger charge is 2.13. The van der Waals surface area contributed by atoms with Crippen LogP contribution in [0, 0.1) is 0 Å². The lowest BCUT2D eigenvalue weighted by molar-refractivity contribution is -0.139. The molecule has 0 radical (unpaired) electrons. The minimum absolute atomic E-state index is 0.284. The molecule has 35 heavy (non-hydrogen) atoms. The average molecular weight is 606 g/mol. The van der Waals surface area contributed by atoms with E-state index in [0.717, 1.165) is 5.56 Å². The Kier molecular flexibility index (Phi) is 9.68. The van der Waals surface area contributed by atoms with Crippen molar-refractivity contribution < 1.29 is 28.9 Å². The molecule has 0 aliphatic heterocycles. The number of hydrazone groups is 1. The summed E-state index contributed by atoms with van der Waals surface area (Å²) >= 11 is 6.70. The SMILES string of the molecule is CCOc1cc(C(=O)N/N=C/c2cc(Br)cc(Br)c2OCC(=O)O)ccc1OCc1ccccc1. The first kappa shape index (κ1) is 26.2. The second-order valence-electron chi connectivity index (χ2n) is 7.06. The van der Waals surface area contributed by atoms with Crippen LogP contribution in [0.25, 0.3) is 0 Å². The number of ether oxygens (including phenoxy) is 3. The Hall–Kier alpha value is -3.37. The fourth-order valence-electron chi connectivity index (χ4n) is 2.96. The van der Waals surface area contributed by atoms with Crippen LogP contribution in [-0.2, 0) is 11.4 Å². The molecule has 0 atom stereocenters. The summed E-state index contributed by atoms with van der Waals surface area (Å²) in [5.41, 5.74) is 4.26. The first-order valence-corrected chi connectivity index (χ1v) is 12.1. The van der Waals surface area contributed by atoms with E-state index in [1.165, 1.54) is 6.21 Å². The summed E-state index contributed by atoms with van der Waals surface area (Å²) < 4.78 is 18.1. The molecule has 3 aromatic rings. The minimum atomic E-state index is -1.11. The number of amides is 1. The average Bonchev–Trinajstić information content (AvgIpc) is 2.83. The molecule has 0 spiro atoms. The number of carbonyl (C=O) groups is 2. The van der Waals surface area contributed by atoms with Crippen LogP contribution >= 0.6 is 31.9 Å². The third-order valence-corrected chi connectivity index (χ3v) is 5.54. The molecule has 0 aliphatic carbocycles. The summed E-state index contributed by atoms with van der Waals surface area (Å²) in [6, 6.07) is 18.0. The summed E-state index contributed by atoms with van der Waals surface area (Å²) in [6.45, 7) is 2.09. The van der Waals surface area contributed by atoms with Gasteiger partial charge in [-0.3, -0.25) is 4.79 Å². The van der Waals surface area contributed by atoms with Gasteiger partial charge in [0.05, 0.1) is 17.3 Å². The predicted molar refractivity (Wildman–Crippen MR) is 138 cm³/mol. The van der Waals surface area contributed by atoms with Gasteiger partial charge in [0, 0.05) is 15.6 Å². The molecule has 1 amide bonds. The van der Waals surface area contributed by atoms with Gasteiger partial charge in [0.15, 0.2) is 18.1 Å². The molecule has 0 fully saturated rings. The second kappa shape index (κ2) is 12.9. The van der Waals surface area contributed by atoms with Gasteiger partial charge in [-0.15, -0.1) is 0 Å². The van der Waals surface area contributed by atoms with Crippen LogP contribution in [-0.4, -0.2) is 36.4 Å². The number of nitrogens with zero attached hydrogens (tertiary/aromatic N) is 1. The highest BCUT2D eigenvalue weighted by molar-refractivity contribution is 9.11. The lowest BCUT2D eigenvalue weighted by Gasteiger charge is -2.13. The molecule has 0 bridgehead atoms. The summed E-state index contributed by atoms with van der Waals surface area (Å²) in [7, 11) is 0. The van der Waals surface area contributed by atoms with Crippen molar-refractivity contribution in [3.05, 3.63) is 86.3 Å². The molecule has 10 heteroatoms. The molecular formula is C25H22Br2N2O6. The number of carboxylic acids is 1. The number of rotatable bonds is 11. The highest BCUT2D eigenvalue weighted by Crippen LogP contribution is 2.32. The van der Waals surface area contributed by atoms with Crippen LogP contribution in [0.15, 0.2) is 74.7 Å². The van der Waals surface area contributed by atoms with E-state index in [1.807, 2.05) is 37.3 Å². The third-order valence-electron chi connectivity index (χ3n) is 4.49. The third kappa shape index (κ3) is 7.83. The van der Waals surface area contributed by atoms with Crippen molar-refractivity contribution in [2.45, 2.75) is 13.5 Å². The molecule has 3 rings (SSSR count). The zero-order valence-electron chi connectivity index (χ0n) is 18.7. The minimum Gasteiger partial charge on any atom is -0.490 e. The Morgan fingerprint density at radius 2 is 1.77 bits per heavy atom. The van der Waals surface area contributed by atoms with E-state index in [-0.39, 0.29) is 5.75 Å². The van der Waals surface area contributed by atoms with Crippen LogP contribution in [0.1, 0.15) is 28.4 Å². The number of carboxylic acid groups (broad SMARTS) is 1. The Balaban J connectivity index is 1.72. The van der Waals surface area contributed by atoms with Crippen molar-refractivity contribution in [1.29, 1.82) is 0 Å². The maximum atomic E-state index is 12.7. The van der Waals surface area contributed by atoms with Gasteiger partial charge in [-0.25, -0.2) is 10.2 Å². The first-order chi connectivity index (χ1) is 16.9. The van der Waals surface area contributed by atoms with E-state index >= 15 is 0 Å². The first-order valence-electron chi connectivity index (χ1n) is 10.5. The molecule has 0 aromatic heterocycles. The molecule has 0 saturated heterocycles. The molecule has 3 aromatic carbocycles. The van der Waals surface area contributed by atoms with Crippen LogP contribution in [0.5, 0.6) is 17.2 Å². The van der Waals surface area contributed by atoms with Crippen LogP contribution < -0.4 is 19.6 Å². The van der Waals surface area contributed by atoms with Crippen molar-refractivity contribution in [3.63, 3.8) is 0 Å². The maximum Gasteiger partial charge on any atom is 0.341 e. The van der Waals surface area contributed by atoms with Gasteiger partial charge < -0.3 is 19.3 Å². The van der Waals surface area contributed by atoms with E-state index in [0.29, 0.717) is 44.8 Å². The van der Waals surface area contributed by atoms with Crippen molar-refractivity contribution in [2.24, 2.45) is 5.10 Å². The number of nitrogens with one attached hydrogen (secondary N) is 1. The normalized spacial score (nSPS) is 10.7. The van der Waals surface area contributed by atoms with Gasteiger partial charge in [-0.2, -0.15) is 5.10 Å². The van der Waals surface area contributed by atoms with E-state index in [4.69, 9.17) is 19.3 Å². The zero-order chi connectivity index (χ0) is 25.2. The van der Waals surface area contributed by atoms with Crippen LogP contribution in [0.3, 0.4) is 0 Å². The Labute approximate surface area is 219 Å². The predicted octanol–water partition coefficient (Wildman–Crippen LogP) is 5.42. The van der Waals surface area contributed by atoms with E-state index in [1.54, 1.807) is 30.3 Å². The fraction of sp³-hybridized carbons (Fsp3) is 0.160. The molecule has 0 unspecified atom stereocenters. The highest BCUT2D eigenvalue weighted by atomic mass is 79.9. The Bertz CT molecular complexity index is 1220. The van der Waals surface area contributed by atoms with Gasteiger partial charge in [0.2, 0.25) is 0 Å². The van der Waals surface area contributed by atoms with E-state index in [2.05, 4.69) is 42.4 Å². The molecule has 182 valence electrons.